The number of aromatic nitrogens is 1. The highest BCUT2D eigenvalue weighted by Crippen LogP contribution is 2.31. The van der Waals surface area contributed by atoms with E-state index in [2.05, 4.69) is 24.1 Å². The first-order valence-electron chi connectivity index (χ1n) is 9.73. The predicted octanol–water partition coefficient (Wildman–Crippen LogP) is 5.09. The molecule has 0 radical (unpaired) electrons. The molecule has 1 saturated heterocycles. The van der Waals surface area contributed by atoms with Crippen molar-refractivity contribution in [1.29, 1.82) is 0 Å². The molecule has 1 aromatic heterocycles. The maximum Gasteiger partial charge on any atom is 0.325 e. The van der Waals surface area contributed by atoms with E-state index in [1.807, 2.05) is 36.4 Å². The topological polar surface area (TPSA) is 75.4 Å². The van der Waals surface area contributed by atoms with Crippen molar-refractivity contribution in [3.63, 3.8) is 0 Å². The van der Waals surface area contributed by atoms with Crippen LogP contribution in [0.15, 0.2) is 59.1 Å². The molecule has 0 saturated carbocycles. The van der Waals surface area contributed by atoms with E-state index in [9.17, 15) is 9.59 Å². The Hall–Kier alpha value is -3.12. The standard InChI is InChI=1S/C23H22ClN3O3/c1-14(2)15-4-8-17(9-5-15)23(3)21(28)27(22(29)26-23)13-20-25-12-19(30-20)16-6-10-18(24)11-7-16/h4-12,14H,13H2,1-3H3,(H,26,29)/t23-/m0/s1. The number of halogens is 1. The number of rotatable bonds is 5. The van der Waals surface area contributed by atoms with Crippen LogP contribution in [0.3, 0.4) is 0 Å². The molecule has 0 aliphatic carbocycles. The van der Waals surface area contributed by atoms with Crippen molar-refractivity contribution in [3.05, 3.63) is 76.8 Å². The molecule has 1 aliphatic rings. The molecule has 1 atom stereocenters. The lowest BCUT2D eigenvalue weighted by molar-refractivity contribution is -0.131. The van der Waals surface area contributed by atoms with Gasteiger partial charge in [0.25, 0.3) is 5.91 Å². The van der Waals surface area contributed by atoms with E-state index in [0.29, 0.717) is 16.7 Å². The van der Waals surface area contributed by atoms with E-state index in [1.54, 1.807) is 25.3 Å². The number of nitrogens with one attached hydrogen (secondary N) is 1. The van der Waals surface area contributed by atoms with Crippen LogP contribution in [-0.2, 0) is 16.9 Å². The SMILES string of the molecule is CC(C)c1ccc([C@]2(C)NC(=O)N(Cc3ncc(-c4ccc(Cl)cc4)o3)C2=O)cc1. The minimum Gasteiger partial charge on any atom is -0.439 e. The van der Waals surface area contributed by atoms with Crippen LogP contribution in [0.5, 0.6) is 0 Å². The zero-order valence-corrected chi connectivity index (χ0v) is 17.7. The van der Waals surface area contributed by atoms with E-state index in [-0.39, 0.29) is 18.3 Å². The fourth-order valence-corrected chi connectivity index (χ4v) is 3.63. The van der Waals surface area contributed by atoms with Crippen LogP contribution in [0.25, 0.3) is 11.3 Å². The minimum absolute atomic E-state index is 0.0437. The predicted molar refractivity (Wildman–Crippen MR) is 114 cm³/mol. The Kier molecular flexibility index (Phi) is 5.12. The van der Waals surface area contributed by atoms with Crippen LogP contribution in [0.4, 0.5) is 4.79 Å². The summed E-state index contributed by atoms with van der Waals surface area (Å²) in [5, 5.41) is 3.44. The lowest BCUT2D eigenvalue weighted by atomic mass is 9.90. The smallest absolute Gasteiger partial charge is 0.325 e. The largest absolute Gasteiger partial charge is 0.439 e. The van der Waals surface area contributed by atoms with Crippen LogP contribution in [0, 0.1) is 0 Å². The Labute approximate surface area is 179 Å². The van der Waals surface area contributed by atoms with Crippen LogP contribution < -0.4 is 5.32 Å². The number of amides is 3. The first kappa shape index (κ1) is 20.2. The number of nitrogens with zero attached hydrogens (tertiary/aromatic N) is 2. The van der Waals surface area contributed by atoms with Gasteiger partial charge in [0.1, 0.15) is 12.1 Å². The highest BCUT2D eigenvalue weighted by Gasteiger charge is 2.49. The number of hydrogen-bond donors (Lipinski definition) is 1. The molecule has 1 fully saturated rings. The summed E-state index contributed by atoms with van der Waals surface area (Å²) in [5.41, 5.74) is 1.59. The highest BCUT2D eigenvalue weighted by molar-refractivity contribution is 6.30. The molecule has 1 N–H and O–H groups in total. The first-order chi connectivity index (χ1) is 14.3. The van der Waals surface area contributed by atoms with E-state index >= 15 is 0 Å². The van der Waals surface area contributed by atoms with Crippen molar-refractivity contribution >= 4 is 23.5 Å². The molecule has 4 rings (SSSR count). The van der Waals surface area contributed by atoms with Gasteiger partial charge in [-0.15, -0.1) is 0 Å². The Balaban J connectivity index is 1.54. The average molecular weight is 424 g/mol. The van der Waals surface area contributed by atoms with Gasteiger partial charge in [0.05, 0.1) is 6.20 Å². The zero-order valence-electron chi connectivity index (χ0n) is 17.0. The second kappa shape index (κ2) is 7.61. The molecule has 0 spiro atoms. The molecule has 30 heavy (non-hydrogen) atoms. The van der Waals surface area contributed by atoms with Crippen molar-refractivity contribution in [1.82, 2.24) is 15.2 Å². The first-order valence-corrected chi connectivity index (χ1v) is 10.1. The molecule has 0 unspecified atom stereocenters. The molecule has 2 heterocycles. The molecular formula is C23H22ClN3O3. The molecule has 7 heteroatoms. The van der Waals surface area contributed by atoms with Crippen LogP contribution >= 0.6 is 11.6 Å². The Morgan fingerprint density at radius 1 is 1.10 bits per heavy atom. The monoisotopic (exact) mass is 423 g/mol. The Morgan fingerprint density at radius 2 is 1.77 bits per heavy atom. The zero-order chi connectivity index (χ0) is 21.5. The third-order valence-corrected chi connectivity index (χ3v) is 5.66. The van der Waals surface area contributed by atoms with Gasteiger partial charge in [-0.05, 0) is 48.2 Å². The normalized spacial score (nSPS) is 18.9. The lowest BCUT2D eigenvalue weighted by Crippen LogP contribution is -2.40. The molecular weight excluding hydrogens is 402 g/mol. The Morgan fingerprint density at radius 3 is 2.40 bits per heavy atom. The highest BCUT2D eigenvalue weighted by atomic mass is 35.5. The van der Waals surface area contributed by atoms with Gasteiger partial charge in [-0.25, -0.2) is 9.78 Å². The molecule has 154 valence electrons. The third kappa shape index (κ3) is 3.59. The summed E-state index contributed by atoms with van der Waals surface area (Å²) >= 11 is 5.92. The van der Waals surface area contributed by atoms with Crippen molar-refractivity contribution in [2.24, 2.45) is 0 Å². The summed E-state index contributed by atoms with van der Waals surface area (Å²) in [7, 11) is 0. The quantitative estimate of drug-likeness (QED) is 0.580. The van der Waals surface area contributed by atoms with Gasteiger partial charge in [0.15, 0.2) is 5.76 Å². The number of benzene rings is 2. The van der Waals surface area contributed by atoms with Gasteiger partial charge in [-0.2, -0.15) is 0 Å². The number of oxazole rings is 1. The fourth-order valence-electron chi connectivity index (χ4n) is 3.50. The number of urea groups is 1. The summed E-state index contributed by atoms with van der Waals surface area (Å²) in [6, 6.07) is 14.4. The van der Waals surface area contributed by atoms with Crippen molar-refractivity contribution < 1.29 is 14.0 Å². The number of carbonyl (C=O) groups excluding carboxylic acids is 2. The van der Waals surface area contributed by atoms with E-state index in [4.69, 9.17) is 16.0 Å². The van der Waals surface area contributed by atoms with Crippen molar-refractivity contribution in [3.8, 4) is 11.3 Å². The van der Waals surface area contributed by atoms with Crippen LogP contribution in [-0.4, -0.2) is 21.8 Å². The second-order valence-electron chi connectivity index (χ2n) is 7.85. The Bertz CT molecular complexity index is 1090. The minimum atomic E-state index is -1.13. The van der Waals surface area contributed by atoms with Gasteiger partial charge in [0.2, 0.25) is 5.89 Å². The fraction of sp³-hybridized carbons (Fsp3) is 0.261. The average Bonchev–Trinajstić information content (AvgIpc) is 3.28. The maximum atomic E-state index is 13.1. The summed E-state index contributed by atoms with van der Waals surface area (Å²) < 4.78 is 5.76. The lowest BCUT2D eigenvalue weighted by Gasteiger charge is -2.22. The van der Waals surface area contributed by atoms with Crippen LogP contribution in [0.2, 0.25) is 5.02 Å². The third-order valence-electron chi connectivity index (χ3n) is 5.41. The number of imide groups is 1. The van der Waals surface area contributed by atoms with Gasteiger partial charge in [-0.3, -0.25) is 9.69 Å². The summed E-state index contributed by atoms with van der Waals surface area (Å²) in [4.78, 5) is 31.1. The summed E-state index contributed by atoms with van der Waals surface area (Å²) in [6.07, 6.45) is 1.57. The molecule has 6 nitrogen and oxygen atoms in total. The van der Waals surface area contributed by atoms with E-state index in [0.717, 1.165) is 16.0 Å². The summed E-state index contributed by atoms with van der Waals surface area (Å²) in [6.45, 7) is 5.88. The number of hydrogen-bond acceptors (Lipinski definition) is 4. The van der Waals surface area contributed by atoms with Gasteiger partial charge in [0, 0.05) is 10.6 Å². The molecule has 3 amide bonds. The molecule has 0 bridgehead atoms. The number of carbonyl (C=O) groups is 2. The van der Waals surface area contributed by atoms with Crippen molar-refractivity contribution in [2.75, 3.05) is 0 Å². The van der Waals surface area contributed by atoms with Crippen molar-refractivity contribution in [2.45, 2.75) is 38.8 Å². The molecule has 1 aliphatic heterocycles. The summed E-state index contributed by atoms with van der Waals surface area (Å²) in [5.74, 6) is 0.872. The van der Waals surface area contributed by atoms with E-state index in [1.165, 1.54) is 5.56 Å². The molecule has 2 aromatic carbocycles. The van der Waals surface area contributed by atoms with Crippen LogP contribution in [0.1, 0.15) is 43.7 Å². The maximum absolute atomic E-state index is 13.1. The molecule has 3 aromatic rings. The van der Waals surface area contributed by atoms with Gasteiger partial charge < -0.3 is 9.73 Å². The van der Waals surface area contributed by atoms with Gasteiger partial charge in [-0.1, -0.05) is 49.7 Å². The van der Waals surface area contributed by atoms with E-state index < -0.39 is 11.6 Å². The second-order valence-corrected chi connectivity index (χ2v) is 8.28. The van der Waals surface area contributed by atoms with Gasteiger partial charge >= 0.3 is 6.03 Å².